The third kappa shape index (κ3) is 2.77. The average molecular weight is 429 g/mol. The van der Waals surface area contributed by atoms with E-state index >= 15 is 0 Å². The van der Waals surface area contributed by atoms with E-state index in [9.17, 15) is 5.11 Å². The SMILES string of the molecule is C[C@@H](CO)[C@H]1CC[C@@]2(C)[C@@H]1CC[C@]1(C)[C@H]2CC[C@@H]2[C@@]3(C)CCCC(C)(C)[C@@H]3CC[C@]21C. The highest BCUT2D eigenvalue weighted by Crippen LogP contribution is 2.78. The molecule has 0 saturated heterocycles. The van der Waals surface area contributed by atoms with Gasteiger partial charge in [0.25, 0.3) is 0 Å². The summed E-state index contributed by atoms with van der Waals surface area (Å²) >= 11 is 0. The quantitative estimate of drug-likeness (QED) is 0.471. The zero-order valence-corrected chi connectivity index (χ0v) is 21.9. The van der Waals surface area contributed by atoms with Gasteiger partial charge in [0.2, 0.25) is 0 Å². The van der Waals surface area contributed by atoms with Crippen LogP contribution in [0.3, 0.4) is 0 Å². The van der Waals surface area contributed by atoms with Gasteiger partial charge in [-0.3, -0.25) is 0 Å². The second-order valence-electron chi connectivity index (χ2n) is 15.0. The van der Waals surface area contributed by atoms with Crippen molar-refractivity contribution in [3.8, 4) is 0 Å². The Labute approximate surface area is 193 Å². The van der Waals surface area contributed by atoms with Crippen LogP contribution in [-0.2, 0) is 0 Å². The zero-order valence-electron chi connectivity index (χ0n) is 21.9. The van der Waals surface area contributed by atoms with Crippen molar-refractivity contribution < 1.29 is 5.11 Å². The lowest BCUT2D eigenvalue weighted by molar-refractivity contribution is -0.241. The highest BCUT2D eigenvalue weighted by Gasteiger charge is 2.70. The third-order valence-corrected chi connectivity index (χ3v) is 13.8. The standard InChI is InChI=1S/C30H52O/c1-20(19-31)21-11-16-27(4)22(21)12-17-29(6)24(27)9-10-25-28(5)15-8-14-26(2,3)23(28)13-18-30(25,29)7/h20-25,31H,8-19H2,1-7H3/t20-,21+,22+,23-,24-,25+,27-,28-,29+,30+/m0/s1. The second kappa shape index (κ2) is 6.99. The summed E-state index contributed by atoms with van der Waals surface area (Å²) < 4.78 is 0. The largest absolute Gasteiger partial charge is 0.396 e. The first kappa shape index (κ1) is 22.7. The van der Waals surface area contributed by atoms with Crippen molar-refractivity contribution in [2.24, 2.45) is 62.6 Å². The molecule has 10 atom stereocenters. The normalized spacial score (nSPS) is 56.7. The summed E-state index contributed by atoms with van der Waals surface area (Å²) in [6.07, 6.45) is 16.0. The van der Waals surface area contributed by atoms with E-state index in [-0.39, 0.29) is 0 Å². The van der Waals surface area contributed by atoms with Gasteiger partial charge in [-0.15, -0.1) is 0 Å². The first-order valence-corrected chi connectivity index (χ1v) is 14.0. The van der Waals surface area contributed by atoms with Crippen LogP contribution in [0.15, 0.2) is 0 Å². The number of aliphatic hydroxyl groups excluding tert-OH is 1. The maximum absolute atomic E-state index is 9.93. The van der Waals surface area contributed by atoms with Gasteiger partial charge >= 0.3 is 0 Å². The molecule has 0 aromatic heterocycles. The van der Waals surface area contributed by atoms with Crippen molar-refractivity contribution in [3.05, 3.63) is 0 Å². The van der Waals surface area contributed by atoms with Gasteiger partial charge in [0.1, 0.15) is 0 Å². The maximum atomic E-state index is 9.93. The molecule has 0 aromatic rings. The van der Waals surface area contributed by atoms with Gasteiger partial charge in [0, 0.05) is 6.61 Å². The van der Waals surface area contributed by atoms with Crippen LogP contribution in [0, 0.1) is 62.6 Å². The van der Waals surface area contributed by atoms with Crippen molar-refractivity contribution in [1.29, 1.82) is 0 Å². The summed E-state index contributed by atoms with van der Waals surface area (Å²) in [5.41, 5.74) is 2.63. The van der Waals surface area contributed by atoms with Gasteiger partial charge in [-0.25, -0.2) is 0 Å². The van der Waals surface area contributed by atoms with Crippen LogP contribution in [0.1, 0.15) is 119 Å². The molecule has 1 heteroatoms. The van der Waals surface area contributed by atoms with E-state index < -0.39 is 0 Å². The molecule has 0 bridgehead atoms. The van der Waals surface area contributed by atoms with Crippen molar-refractivity contribution in [2.75, 3.05) is 6.61 Å². The summed E-state index contributed by atoms with van der Waals surface area (Å²) in [6.45, 7) is 18.9. The molecule has 0 amide bonds. The molecular formula is C30H52O. The first-order valence-electron chi connectivity index (χ1n) is 14.0. The van der Waals surface area contributed by atoms with Gasteiger partial charge in [-0.1, -0.05) is 54.9 Å². The minimum absolute atomic E-state index is 0.383. The Kier molecular flexibility index (Phi) is 5.13. The minimum Gasteiger partial charge on any atom is -0.396 e. The summed E-state index contributed by atoms with van der Waals surface area (Å²) in [4.78, 5) is 0. The molecule has 0 aromatic carbocycles. The van der Waals surface area contributed by atoms with E-state index in [1.807, 2.05) is 0 Å². The molecule has 5 aliphatic rings. The summed E-state index contributed by atoms with van der Waals surface area (Å²) in [7, 11) is 0. The lowest BCUT2D eigenvalue weighted by Crippen LogP contribution is -2.65. The number of fused-ring (bicyclic) bond motifs is 7. The van der Waals surface area contributed by atoms with Crippen LogP contribution in [-0.4, -0.2) is 11.7 Å². The fourth-order valence-electron chi connectivity index (χ4n) is 12.2. The molecule has 0 unspecified atom stereocenters. The van der Waals surface area contributed by atoms with Gasteiger partial charge in [0.05, 0.1) is 0 Å². The Morgan fingerprint density at radius 1 is 0.677 bits per heavy atom. The molecule has 0 spiro atoms. The predicted molar refractivity (Wildman–Crippen MR) is 131 cm³/mol. The second-order valence-corrected chi connectivity index (χ2v) is 15.0. The van der Waals surface area contributed by atoms with Crippen molar-refractivity contribution in [3.63, 3.8) is 0 Å². The Balaban J connectivity index is 1.50. The third-order valence-electron chi connectivity index (χ3n) is 13.8. The monoisotopic (exact) mass is 428 g/mol. The molecular weight excluding hydrogens is 376 g/mol. The molecule has 0 radical (unpaired) electrons. The molecule has 0 heterocycles. The summed E-state index contributed by atoms with van der Waals surface area (Å²) in [5.74, 6) is 4.86. The average Bonchev–Trinajstić information content (AvgIpc) is 3.04. The molecule has 5 aliphatic carbocycles. The van der Waals surface area contributed by atoms with Gasteiger partial charge in [-0.05, 0) is 127 Å². The van der Waals surface area contributed by atoms with Gasteiger partial charge < -0.3 is 5.11 Å². The van der Waals surface area contributed by atoms with Crippen molar-refractivity contribution in [1.82, 2.24) is 0 Å². The maximum Gasteiger partial charge on any atom is 0.0459 e. The Bertz CT molecular complexity index is 711. The van der Waals surface area contributed by atoms with Crippen molar-refractivity contribution in [2.45, 2.75) is 119 Å². The van der Waals surface area contributed by atoms with E-state index in [1.54, 1.807) is 0 Å². The van der Waals surface area contributed by atoms with Gasteiger partial charge in [0.15, 0.2) is 0 Å². The Hall–Kier alpha value is -0.0400. The van der Waals surface area contributed by atoms with Crippen LogP contribution in [0.25, 0.3) is 0 Å². The molecule has 1 N–H and O–H groups in total. The number of hydrogen-bond donors (Lipinski definition) is 1. The highest BCUT2D eigenvalue weighted by atomic mass is 16.3. The fourth-order valence-corrected chi connectivity index (χ4v) is 12.2. The Morgan fingerprint density at radius 2 is 1.29 bits per heavy atom. The predicted octanol–water partition coefficient (Wildman–Crippen LogP) is 8.11. The van der Waals surface area contributed by atoms with E-state index in [4.69, 9.17) is 0 Å². The van der Waals surface area contributed by atoms with E-state index in [0.717, 1.165) is 29.6 Å². The van der Waals surface area contributed by atoms with E-state index in [2.05, 4.69) is 48.5 Å². The Morgan fingerprint density at radius 3 is 1.94 bits per heavy atom. The highest BCUT2D eigenvalue weighted by molar-refractivity contribution is 5.19. The number of aliphatic hydroxyl groups is 1. The fraction of sp³-hybridized carbons (Fsp3) is 1.00. The van der Waals surface area contributed by atoms with Crippen molar-refractivity contribution >= 4 is 0 Å². The summed E-state index contributed by atoms with van der Waals surface area (Å²) in [5, 5.41) is 9.93. The van der Waals surface area contributed by atoms with Crippen LogP contribution in [0.2, 0.25) is 0 Å². The molecule has 178 valence electrons. The lowest BCUT2D eigenvalue weighted by atomic mass is 9.32. The summed E-state index contributed by atoms with van der Waals surface area (Å²) in [6, 6.07) is 0. The molecule has 31 heavy (non-hydrogen) atoms. The van der Waals surface area contributed by atoms with Crippen LogP contribution in [0.4, 0.5) is 0 Å². The van der Waals surface area contributed by atoms with Gasteiger partial charge in [-0.2, -0.15) is 0 Å². The smallest absolute Gasteiger partial charge is 0.0459 e. The van der Waals surface area contributed by atoms with E-state index in [1.165, 1.54) is 70.6 Å². The molecule has 0 aliphatic heterocycles. The lowest BCUT2D eigenvalue weighted by Gasteiger charge is -2.73. The molecule has 5 rings (SSSR count). The number of hydrogen-bond acceptors (Lipinski definition) is 1. The minimum atomic E-state index is 0.383. The zero-order chi connectivity index (χ0) is 22.4. The molecule has 1 nitrogen and oxygen atoms in total. The van der Waals surface area contributed by atoms with Crippen LogP contribution < -0.4 is 0 Å². The van der Waals surface area contributed by atoms with Crippen LogP contribution in [0.5, 0.6) is 0 Å². The molecule has 5 fully saturated rings. The number of rotatable bonds is 2. The van der Waals surface area contributed by atoms with Crippen LogP contribution >= 0.6 is 0 Å². The van der Waals surface area contributed by atoms with E-state index in [0.29, 0.717) is 39.6 Å². The first-order chi connectivity index (χ1) is 14.4. The topological polar surface area (TPSA) is 20.2 Å². The molecule has 5 saturated carbocycles.